The topological polar surface area (TPSA) is 119 Å². The standard InChI is InChI=1S/C39H38F4N4O6/c1-3-52-35-19-37(53-22-23-4-8-31(51-2)9-5-23)45-20-32(35)24-6-7-25(33(40)15-24)16-36(49)46-29-13-26(12-28(17-29)39(41,42)43)38(50)44-10-11-47-21-27-14-30(47)18-34(27)48/h4-9,12-13,15,17,19-20,27,30H,3,10-11,14,16,18,21-22H2,1-2H3,(H,44,50)(H,46,49)/t27-,30-/m0/s1. The number of methoxy groups -OCH3 is 1. The lowest BCUT2D eigenvalue weighted by Gasteiger charge is -2.26. The molecule has 1 saturated carbocycles. The van der Waals surface area contributed by atoms with Crippen molar-refractivity contribution in [2.75, 3.05) is 38.7 Å². The van der Waals surface area contributed by atoms with Gasteiger partial charge < -0.3 is 24.8 Å². The van der Waals surface area contributed by atoms with Crippen LogP contribution in [0.2, 0.25) is 0 Å². The Balaban J connectivity index is 1.09. The Kier molecular flexibility index (Phi) is 11.3. The van der Waals surface area contributed by atoms with Crippen molar-refractivity contribution < 1.29 is 46.2 Å². The van der Waals surface area contributed by atoms with Crippen molar-refractivity contribution in [2.45, 2.75) is 45.0 Å². The number of benzene rings is 3. The van der Waals surface area contributed by atoms with Crippen molar-refractivity contribution in [2.24, 2.45) is 5.92 Å². The number of halogens is 4. The van der Waals surface area contributed by atoms with E-state index in [1.165, 1.54) is 18.3 Å². The Labute approximate surface area is 303 Å². The first-order valence-corrected chi connectivity index (χ1v) is 17.1. The minimum atomic E-state index is -4.80. The summed E-state index contributed by atoms with van der Waals surface area (Å²) in [4.78, 5) is 44.1. The summed E-state index contributed by atoms with van der Waals surface area (Å²) in [7, 11) is 1.58. The van der Waals surface area contributed by atoms with Crippen molar-refractivity contribution in [3.05, 3.63) is 101 Å². The van der Waals surface area contributed by atoms with Gasteiger partial charge in [-0.15, -0.1) is 0 Å². The highest BCUT2D eigenvalue weighted by molar-refractivity contribution is 5.98. The van der Waals surface area contributed by atoms with Gasteiger partial charge in [0.05, 0.1) is 25.7 Å². The van der Waals surface area contributed by atoms with Crippen LogP contribution in [0.15, 0.2) is 72.9 Å². The molecule has 2 fully saturated rings. The van der Waals surface area contributed by atoms with Gasteiger partial charge in [0, 0.05) is 67.1 Å². The Morgan fingerprint density at radius 2 is 1.81 bits per heavy atom. The zero-order chi connectivity index (χ0) is 37.7. The van der Waals surface area contributed by atoms with Crippen LogP contribution in [-0.4, -0.2) is 66.9 Å². The van der Waals surface area contributed by atoms with Crippen LogP contribution < -0.4 is 24.8 Å². The molecule has 2 N–H and O–H groups in total. The lowest BCUT2D eigenvalue weighted by atomic mass is 10.0. The Bertz CT molecular complexity index is 1990. The number of Topliss-reactive ketones (excluding diaryl/α,β-unsaturated/α-hetero) is 1. The number of alkyl halides is 3. The molecular formula is C39H38F4N4O6. The van der Waals surface area contributed by atoms with Crippen molar-refractivity contribution in [3.8, 4) is 28.5 Å². The fourth-order valence-electron chi connectivity index (χ4n) is 6.62. The van der Waals surface area contributed by atoms with Gasteiger partial charge in [-0.05, 0) is 66.4 Å². The Morgan fingerprint density at radius 1 is 1.02 bits per heavy atom. The number of amides is 2. The van der Waals surface area contributed by atoms with E-state index in [1.54, 1.807) is 26.2 Å². The summed E-state index contributed by atoms with van der Waals surface area (Å²) in [6.45, 7) is 3.61. The van der Waals surface area contributed by atoms with Gasteiger partial charge in [-0.1, -0.05) is 24.3 Å². The summed E-state index contributed by atoms with van der Waals surface area (Å²) < 4.78 is 73.5. The smallest absolute Gasteiger partial charge is 0.416 e. The number of nitrogens with zero attached hydrogens (tertiary/aromatic N) is 2. The molecule has 2 amide bonds. The second-order valence-corrected chi connectivity index (χ2v) is 12.9. The number of pyridine rings is 1. The van der Waals surface area contributed by atoms with Crippen molar-refractivity contribution in [3.63, 3.8) is 0 Å². The number of fused-ring (bicyclic) bond motifs is 2. The third-order valence-electron chi connectivity index (χ3n) is 9.31. The molecule has 10 nitrogen and oxygen atoms in total. The molecule has 278 valence electrons. The Morgan fingerprint density at radius 3 is 2.47 bits per heavy atom. The molecule has 1 aliphatic heterocycles. The third-order valence-corrected chi connectivity index (χ3v) is 9.31. The lowest BCUT2D eigenvalue weighted by molar-refractivity contribution is -0.137. The van der Waals surface area contributed by atoms with E-state index >= 15 is 4.39 Å². The number of piperidine rings is 1. The van der Waals surface area contributed by atoms with E-state index in [1.807, 2.05) is 24.3 Å². The van der Waals surface area contributed by atoms with E-state index in [2.05, 4.69) is 20.5 Å². The van der Waals surface area contributed by atoms with Gasteiger partial charge in [-0.2, -0.15) is 13.2 Å². The molecule has 1 saturated heterocycles. The monoisotopic (exact) mass is 734 g/mol. The largest absolute Gasteiger partial charge is 0.497 e. The summed E-state index contributed by atoms with van der Waals surface area (Å²) in [5.74, 6) is -0.571. The van der Waals surface area contributed by atoms with Crippen LogP contribution in [0.5, 0.6) is 17.4 Å². The highest BCUT2D eigenvalue weighted by Gasteiger charge is 2.43. The van der Waals surface area contributed by atoms with Gasteiger partial charge in [-0.25, -0.2) is 9.37 Å². The van der Waals surface area contributed by atoms with Gasteiger partial charge >= 0.3 is 6.18 Å². The molecule has 14 heteroatoms. The van der Waals surface area contributed by atoms with E-state index in [-0.39, 0.29) is 47.7 Å². The van der Waals surface area contributed by atoms with Crippen LogP contribution in [-0.2, 0) is 28.8 Å². The first-order valence-electron chi connectivity index (χ1n) is 17.1. The molecule has 2 bridgehead atoms. The second kappa shape index (κ2) is 16.0. The molecule has 0 radical (unpaired) electrons. The molecule has 1 aliphatic carbocycles. The number of rotatable bonds is 14. The Hall–Kier alpha value is -5.50. The average Bonchev–Trinajstić information content (AvgIpc) is 3.71. The van der Waals surface area contributed by atoms with Crippen molar-refractivity contribution >= 4 is 23.3 Å². The molecule has 0 unspecified atom stereocenters. The summed E-state index contributed by atoms with van der Waals surface area (Å²) in [6.07, 6.45) is -2.52. The first kappa shape index (κ1) is 37.3. The molecule has 3 aromatic carbocycles. The molecule has 2 heterocycles. The van der Waals surface area contributed by atoms with Gasteiger partial charge in [0.1, 0.15) is 29.7 Å². The number of hydrogen-bond acceptors (Lipinski definition) is 8. The maximum Gasteiger partial charge on any atom is 0.416 e. The van der Waals surface area contributed by atoms with E-state index in [4.69, 9.17) is 14.2 Å². The number of hydrogen-bond donors (Lipinski definition) is 2. The highest BCUT2D eigenvalue weighted by atomic mass is 19.4. The first-order chi connectivity index (χ1) is 25.4. The number of carbonyl (C=O) groups excluding carboxylic acids is 3. The number of ether oxygens (including phenoxy) is 3. The van der Waals surface area contributed by atoms with E-state index in [0.717, 1.165) is 29.9 Å². The summed E-state index contributed by atoms with van der Waals surface area (Å²) in [6, 6.07) is 15.9. The number of aromatic nitrogens is 1. The van der Waals surface area contributed by atoms with Crippen LogP contribution in [0.3, 0.4) is 0 Å². The SMILES string of the molecule is CCOc1cc(OCc2ccc(OC)cc2)ncc1-c1ccc(CC(=O)Nc2cc(C(=O)NCCN3C[C@@H]4C[C@H]3CC4=O)cc(C(F)(F)F)c2)c(F)c1. The van der Waals surface area contributed by atoms with Gasteiger partial charge in [-0.3, -0.25) is 19.3 Å². The number of nitrogens with one attached hydrogen (secondary N) is 2. The zero-order valence-electron chi connectivity index (χ0n) is 29.1. The number of ketones is 1. The maximum absolute atomic E-state index is 15.4. The van der Waals surface area contributed by atoms with Crippen LogP contribution >= 0.6 is 0 Å². The molecule has 4 aromatic rings. The fraction of sp³-hybridized carbons (Fsp3) is 0.333. The minimum Gasteiger partial charge on any atom is -0.497 e. The second-order valence-electron chi connectivity index (χ2n) is 12.9. The van der Waals surface area contributed by atoms with Gasteiger partial charge in [0.2, 0.25) is 11.8 Å². The van der Waals surface area contributed by atoms with Crippen LogP contribution in [0.1, 0.15) is 46.8 Å². The average molecular weight is 735 g/mol. The predicted molar refractivity (Wildman–Crippen MR) is 187 cm³/mol. The van der Waals surface area contributed by atoms with Crippen molar-refractivity contribution in [1.82, 2.24) is 15.2 Å². The van der Waals surface area contributed by atoms with Crippen LogP contribution in [0.25, 0.3) is 11.1 Å². The fourth-order valence-corrected chi connectivity index (χ4v) is 6.62. The lowest BCUT2D eigenvalue weighted by Crippen LogP contribution is -2.41. The molecule has 6 rings (SSSR count). The highest BCUT2D eigenvalue weighted by Crippen LogP contribution is 2.36. The molecule has 2 atom stereocenters. The van der Waals surface area contributed by atoms with Gasteiger partial charge in [0.25, 0.3) is 5.91 Å². The maximum atomic E-state index is 15.4. The predicted octanol–water partition coefficient (Wildman–Crippen LogP) is 6.47. The quantitative estimate of drug-likeness (QED) is 0.142. The van der Waals surface area contributed by atoms with E-state index in [0.29, 0.717) is 54.9 Å². The number of carbonyl (C=O) groups is 3. The third kappa shape index (κ3) is 9.12. The normalized spacial score (nSPS) is 16.8. The van der Waals surface area contributed by atoms with Crippen molar-refractivity contribution in [1.29, 1.82) is 0 Å². The van der Waals surface area contributed by atoms with Crippen LogP contribution in [0, 0.1) is 11.7 Å². The van der Waals surface area contributed by atoms with Gasteiger partial charge in [0.15, 0.2) is 0 Å². The summed E-state index contributed by atoms with van der Waals surface area (Å²) in [5, 5.41) is 5.01. The zero-order valence-corrected chi connectivity index (χ0v) is 29.1. The molecule has 0 spiro atoms. The molecular weight excluding hydrogens is 696 g/mol. The number of anilines is 1. The molecule has 2 aliphatic rings. The summed E-state index contributed by atoms with van der Waals surface area (Å²) in [5.41, 5.74) is 0.121. The minimum absolute atomic E-state index is 0.00105. The summed E-state index contributed by atoms with van der Waals surface area (Å²) >= 11 is 0. The van der Waals surface area contributed by atoms with Crippen LogP contribution in [0.4, 0.5) is 23.2 Å². The van der Waals surface area contributed by atoms with E-state index < -0.39 is 35.8 Å². The molecule has 1 aromatic heterocycles. The number of likely N-dealkylation sites (tertiary alicyclic amines) is 1. The van der Waals surface area contributed by atoms with E-state index in [9.17, 15) is 27.6 Å². The molecule has 53 heavy (non-hydrogen) atoms.